The van der Waals surface area contributed by atoms with Gasteiger partial charge in [0.15, 0.2) is 0 Å². The van der Waals surface area contributed by atoms with Gasteiger partial charge in [-0.15, -0.1) is 0 Å². The van der Waals surface area contributed by atoms with Crippen LogP contribution in [0.2, 0.25) is 0 Å². The van der Waals surface area contributed by atoms with Gasteiger partial charge in [0.2, 0.25) is 10.0 Å². The highest BCUT2D eigenvalue weighted by Gasteiger charge is 2.21. The van der Waals surface area contributed by atoms with Crippen LogP contribution in [-0.4, -0.2) is 35.0 Å². The number of nitrogens with one attached hydrogen (secondary N) is 2. The molecule has 0 radical (unpaired) electrons. The van der Waals surface area contributed by atoms with E-state index in [2.05, 4.69) is 5.32 Å². The van der Waals surface area contributed by atoms with Gasteiger partial charge in [-0.25, -0.2) is 21.9 Å². The van der Waals surface area contributed by atoms with E-state index in [9.17, 15) is 17.2 Å². The normalized spacial score (nSPS) is 11.8. The number of methoxy groups -OCH3 is 1. The van der Waals surface area contributed by atoms with Gasteiger partial charge >= 0.3 is 0 Å². The van der Waals surface area contributed by atoms with Gasteiger partial charge in [0.25, 0.3) is 6.43 Å². The van der Waals surface area contributed by atoms with Gasteiger partial charge < -0.3 is 10.1 Å². The molecule has 0 amide bonds. The molecule has 1 aromatic rings. The van der Waals surface area contributed by atoms with Crippen LogP contribution in [0.1, 0.15) is 12.5 Å². The first kappa shape index (κ1) is 16.8. The molecule has 0 saturated carbocycles. The van der Waals surface area contributed by atoms with Gasteiger partial charge in [-0.05, 0) is 24.2 Å². The van der Waals surface area contributed by atoms with Crippen molar-refractivity contribution >= 4 is 10.0 Å². The average Bonchev–Trinajstić information content (AvgIpc) is 2.42. The third-order valence-electron chi connectivity index (χ3n) is 2.52. The molecule has 0 unspecified atom stereocenters. The predicted octanol–water partition coefficient (Wildman–Crippen LogP) is 1.35. The van der Waals surface area contributed by atoms with Gasteiger partial charge in [0.1, 0.15) is 10.6 Å². The zero-order valence-electron chi connectivity index (χ0n) is 11.3. The minimum absolute atomic E-state index is 0.127. The summed E-state index contributed by atoms with van der Waals surface area (Å²) in [4.78, 5) is -0.152. The summed E-state index contributed by atoms with van der Waals surface area (Å²) in [5.41, 5.74) is 0.844. The minimum atomic E-state index is -4.01. The van der Waals surface area contributed by atoms with E-state index in [0.29, 0.717) is 6.54 Å². The molecule has 1 rings (SSSR count). The number of alkyl halides is 2. The zero-order chi connectivity index (χ0) is 15.2. The molecule has 0 spiro atoms. The Morgan fingerprint density at radius 3 is 2.60 bits per heavy atom. The third-order valence-corrected chi connectivity index (χ3v) is 3.99. The topological polar surface area (TPSA) is 67.4 Å². The van der Waals surface area contributed by atoms with Crippen molar-refractivity contribution < 1.29 is 21.9 Å². The predicted molar refractivity (Wildman–Crippen MR) is 71.6 cm³/mol. The van der Waals surface area contributed by atoms with Crippen molar-refractivity contribution in [3.8, 4) is 5.75 Å². The number of hydrogen-bond donors (Lipinski definition) is 2. The third kappa shape index (κ3) is 4.69. The number of halogens is 2. The molecule has 114 valence electrons. The Morgan fingerprint density at radius 2 is 2.05 bits per heavy atom. The van der Waals surface area contributed by atoms with Crippen molar-refractivity contribution in [2.24, 2.45) is 0 Å². The fraction of sp³-hybridized carbons (Fsp3) is 0.500. The van der Waals surface area contributed by atoms with E-state index in [1.807, 2.05) is 11.6 Å². The van der Waals surface area contributed by atoms with E-state index in [-0.39, 0.29) is 10.6 Å². The van der Waals surface area contributed by atoms with Gasteiger partial charge in [-0.2, -0.15) is 0 Å². The Bertz CT molecular complexity index is 536. The zero-order valence-corrected chi connectivity index (χ0v) is 12.1. The molecule has 0 aliphatic heterocycles. The van der Waals surface area contributed by atoms with Crippen molar-refractivity contribution in [3.05, 3.63) is 23.8 Å². The maximum Gasteiger partial charge on any atom is 0.251 e. The lowest BCUT2D eigenvalue weighted by Gasteiger charge is -2.12. The summed E-state index contributed by atoms with van der Waals surface area (Å²) >= 11 is 0. The van der Waals surface area contributed by atoms with Crippen LogP contribution in [0.15, 0.2) is 23.1 Å². The van der Waals surface area contributed by atoms with E-state index >= 15 is 0 Å². The minimum Gasteiger partial charge on any atom is -0.495 e. The first-order valence-corrected chi connectivity index (χ1v) is 7.54. The fourth-order valence-electron chi connectivity index (χ4n) is 1.56. The van der Waals surface area contributed by atoms with E-state index in [1.54, 1.807) is 12.1 Å². The second kappa shape index (κ2) is 7.51. The number of rotatable bonds is 8. The Hall–Kier alpha value is -1.25. The Kier molecular flexibility index (Phi) is 6.31. The Morgan fingerprint density at radius 1 is 1.35 bits per heavy atom. The first-order valence-electron chi connectivity index (χ1n) is 6.06. The summed E-state index contributed by atoms with van der Waals surface area (Å²) in [5, 5.41) is 3.09. The van der Waals surface area contributed by atoms with Crippen LogP contribution in [0, 0.1) is 0 Å². The number of ether oxygens (including phenoxy) is 1. The largest absolute Gasteiger partial charge is 0.495 e. The molecule has 8 heteroatoms. The van der Waals surface area contributed by atoms with Gasteiger partial charge in [0.05, 0.1) is 13.7 Å². The van der Waals surface area contributed by atoms with Crippen molar-refractivity contribution in [2.75, 3.05) is 20.2 Å². The molecule has 0 aliphatic rings. The molecule has 1 aromatic carbocycles. The molecule has 0 fully saturated rings. The summed E-state index contributed by atoms with van der Waals surface area (Å²) in [6, 6.07) is 4.53. The van der Waals surface area contributed by atoms with Gasteiger partial charge in [0, 0.05) is 6.54 Å². The van der Waals surface area contributed by atoms with Crippen LogP contribution in [0.5, 0.6) is 5.75 Å². The molecular formula is C12H18F2N2O3S. The van der Waals surface area contributed by atoms with Crippen LogP contribution in [0.3, 0.4) is 0 Å². The van der Waals surface area contributed by atoms with E-state index in [0.717, 1.165) is 12.1 Å². The fourth-order valence-corrected chi connectivity index (χ4v) is 2.72. The summed E-state index contributed by atoms with van der Waals surface area (Å²) in [5.74, 6) is 0.127. The molecule has 0 bridgehead atoms. The van der Waals surface area contributed by atoms with Crippen molar-refractivity contribution in [3.63, 3.8) is 0 Å². The maximum absolute atomic E-state index is 12.1. The van der Waals surface area contributed by atoms with Crippen molar-refractivity contribution in [2.45, 2.75) is 24.8 Å². The van der Waals surface area contributed by atoms with Crippen LogP contribution in [0.4, 0.5) is 8.78 Å². The highest BCUT2D eigenvalue weighted by Crippen LogP contribution is 2.25. The molecule has 0 atom stereocenters. The smallest absolute Gasteiger partial charge is 0.251 e. The van der Waals surface area contributed by atoms with Gasteiger partial charge in [-0.1, -0.05) is 13.0 Å². The van der Waals surface area contributed by atoms with Crippen LogP contribution in [0.25, 0.3) is 0 Å². The summed E-state index contributed by atoms with van der Waals surface area (Å²) in [6.45, 7) is 2.37. The highest BCUT2D eigenvalue weighted by molar-refractivity contribution is 7.89. The molecule has 0 heterocycles. The highest BCUT2D eigenvalue weighted by atomic mass is 32.2. The van der Waals surface area contributed by atoms with Gasteiger partial charge in [-0.3, -0.25) is 0 Å². The van der Waals surface area contributed by atoms with Crippen LogP contribution in [-0.2, 0) is 16.6 Å². The van der Waals surface area contributed by atoms with Crippen LogP contribution >= 0.6 is 0 Å². The number of sulfonamides is 1. The molecular weight excluding hydrogens is 290 g/mol. The van der Waals surface area contributed by atoms with E-state index in [1.165, 1.54) is 13.2 Å². The lowest BCUT2D eigenvalue weighted by Crippen LogP contribution is -2.29. The van der Waals surface area contributed by atoms with Crippen molar-refractivity contribution in [1.29, 1.82) is 0 Å². The Labute approximate surface area is 117 Å². The quantitative estimate of drug-likeness (QED) is 0.761. The summed E-state index contributed by atoms with van der Waals surface area (Å²) in [6.07, 6.45) is -2.75. The second-order valence-corrected chi connectivity index (χ2v) is 5.74. The monoisotopic (exact) mass is 308 g/mol. The van der Waals surface area contributed by atoms with E-state index < -0.39 is 23.0 Å². The summed E-state index contributed by atoms with van der Waals surface area (Å²) in [7, 11) is -2.68. The lowest BCUT2D eigenvalue weighted by molar-refractivity contribution is 0.153. The SMILES string of the molecule is CCNCc1ccc(S(=O)(=O)NCC(F)F)c(OC)c1. The lowest BCUT2D eigenvalue weighted by atomic mass is 10.2. The molecule has 0 aliphatic carbocycles. The number of benzene rings is 1. The second-order valence-electron chi connectivity index (χ2n) is 4.01. The molecule has 5 nitrogen and oxygen atoms in total. The average molecular weight is 308 g/mol. The Balaban J connectivity index is 2.99. The maximum atomic E-state index is 12.1. The molecule has 2 N–H and O–H groups in total. The van der Waals surface area contributed by atoms with Crippen molar-refractivity contribution in [1.82, 2.24) is 10.0 Å². The molecule has 0 saturated heterocycles. The first-order chi connectivity index (χ1) is 9.40. The van der Waals surface area contributed by atoms with E-state index in [4.69, 9.17) is 4.74 Å². The van der Waals surface area contributed by atoms with Crippen LogP contribution < -0.4 is 14.8 Å². The standard InChI is InChI=1S/C12H18F2N2O3S/c1-3-15-7-9-4-5-11(10(6-9)19-2)20(17,18)16-8-12(13)14/h4-6,12,15-16H,3,7-8H2,1-2H3. The molecule has 20 heavy (non-hydrogen) atoms. The number of hydrogen-bond acceptors (Lipinski definition) is 4. The molecule has 0 aromatic heterocycles. The summed E-state index contributed by atoms with van der Waals surface area (Å²) < 4.78 is 54.9.